The predicted octanol–water partition coefficient (Wildman–Crippen LogP) is 5.84. The van der Waals surface area contributed by atoms with E-state index in [0.717, 1.165) is 49.7 Å². The summed E-state index contributed by atoms with van der Waals surface area (Å²) in [5.41, 5.74) is 7.98. The summed E-state index contributed by atoms with van der Waals surface area (Å²) >= 11 is 6.08. The molecule has 1 amide bonds. The van der Waals surface area contributed by atoms with Gasteiger partial charge in [-0.3, -0.25) is 4.79 Å². The Hall–Kier alpha value is -2.04. The molecule has 0 radical (unpaired) electrons. The van der Waals surface area contributed by atoms with Crippen molar-refractivity contribution in [1.82, 2.24) is 9.21 Å². The third-order valence-corrected chi connectivity index (χ3v) is 11.4. The quantitative estimate of drug-likeness (QED) is 0.241. The SMILES string of the molecule is CCCCC(CCCc1cc(C)cc(F)c1)N(CCCC1(C(N)C(=O)N2CC[C@H](O)C2)CC1)S(=O)(=O)c1ccc(Cl)cc1. The molecule has 1 saturated heterocycles. The summed E-state index contributed by atoms with van der Waals surface area (Å²) in [6.45, 7) is 5.13. The Morgan fingerprint density at radius 1 is 1.16 bits per heavy atom. The molecule has 3 atom stereocenters. The molecule has 10 heteroatoms. The Labute approximate surface area is 261 Å². The fraction of sp³-hybridized carbons (Fsp3) is 0.606. The van der Waals surface area contributed by atoms with Crippen LogP contribution in [0.4, 0.5) is 4.39 Å². The topological polar surface area (TPSA) is 104 Å². The van der Waals surface area contributed by atoms with Crippen molar-refractivity contribution in [1.29, 1.82) is 0 Å². The molecule has 2 aromatic rings. The number of aliphatic hydroxyl groups is 1. The van der Waals surface area contributed by atoms with Crippen molar-refractivity contribution < 1.29 is 22.7 Å². The zero-order chi connectivity index (χ0) is 31.2. The van der Waals surface area contributed by atoms with Crippen LogP contribution in [0.25, 0.3) is 0 Å². The highest BCUT2D eigenvalue weighted by molar-refractivity contribution is 7.89. The minimum absolute atomic E-state index is 0.118. The fourth-order valence-corrected chi connectivity index (χ4v) is 8.33. The van der Waals surface area contributed by atoms with E-state index in [9.17, 15) is 22.7 Å². The van der Waals surface area contributed by atoms with Gasteiger partial charge in [0.15, 0.2) is 0 Å². The zero-order valence-electron chi connectivity index (χ0n) is 25.5. The van der Waals surface area contributed by atoms with Crippen LogP contribution in [0.15, 0.2) is 47.4 Å². The second-order valence-electron chi connectivity index (χ2n) is 12.6. The third-order valence-electron chi connectivity index (χ3n) is 9.17. The monoisotopic (exact) mass is 635 g/mol. The molecular formula is C33H47ClFN3O4S. The molecule has 2 fully saturated rings. The Morgan fingerprint density at radius 2 is 1.86 bits per heavy atom. The number of likely N-dealkylation sites (tertiary alicyclic amines) is 1. The lowest BCUT2D eigenvalue weighted by molar-refractivity contribution is -0.133. The number of sulfonamides is 1. The van der Waals surface area contributed by atoms with Crippen molar-refractivity contribution in [2.45, 2.75) is 108 Å². The van der Waals surface area contributed by atoms with Crippen molar-refractivity contribution in [2.24, 2.45) is 11.1 Å². The van der Waals surface area contributed by atoms with Gasteiger partial charge in [0.1, 0.15) is 5.82 Å². The average molecular weight is 636 g/mol. The van der Waals surface area contributed by atoms with Crippen molar-refractivity contribution in [3.05, 3.63) is 64.4 Å². The molecule has 0 aromatic heterocycles. The number of unbranched alkanes of at least 4 members (excludes halogenated alkanes) is 1. The molecule has 1 saturated carbocycles. The number of β-amino-alcohol motifs (C(OH)–C–C–N with tert-alkyl or cyclic N) is 1. The number of nitrogens with zero attached hydrogens (tertiary/aromatic N) is 2. The number of hydrogen-bond acceptors (Lipinski definition) is 5. The van der Waals surface area contributed by atoms with Crippen molar-refractivity contribution >= 4 is 27.5 Å². The van der Waals surface area contributed by atoms with Crippen LogP contribution in [0.5, 0.6) is 0 Å². The molecule has 2 aliphatic rings. The molecule has 0 spiro atoms. The Kier molecular flexibility index (Phi) is 11.7. The predicted molar refractivity (Wildman–Crippen MR) is 169 cm³/mol. The van der Waals surface area contributed by atoms with Crippen LogP contribution in [0.1, 0.15) is 82.3 Å². The molecule has 2 aromatic carbocycles. The van der Waals surface area contributed by atoms with Gasteiger partial charge in [0.05, 0.1) is 17.0 Å². The summed E-state index contributed by atoms with van der Waals surface area (Å²) in [6.07, 6.45) is 7.61. The average Bonchev–Trinajstić information content (AvgIpc) is 3.63. The maximum Gasteiger partial charge on any atom is 0.243 e. The molecule has 1 aliphatic heterocycles. The molecule has 4 rings (SSSR count). The normalized spacial score (nSPS) is 19.5. The summed E-state index contributed by atoms with van der Waals surface area (Å²) in [7, 11) is -3.83. The Balaban J connectivity index is 1.50. The number of carbonyl (C=O) groups is 1. The maximum atomic E-state index is 14.1. The van der Waals surface area contributed by atoms with E-state index in [1.165, 1.54) is 6.07 Å². The minimum atomic E-state index is -3.83. The first-order valence-electron chi connectivity index (χ1n) is 15.7. The number of hydrogen-bond donors (Lipinski definition) is 2. The number of benzene rings is 2. The largest absolute Gasteiger partial charge is 0.391 e. The minimum Gasteiger partial charge on any atom is -0.391 e. The molecule has 43 heavy (non-hydrogen) atoms. The molecule has 1 aliphatic carbocycles. The van der Waals surface area contributed by atoms with Crippen LogP contribution in [0.2, 0.25) is 5.02 Å². The van der Waals surface area contributed by atoms with E-state index in [1.54, 1.807) is 39.5 Å². The summed E-state index contributed by atoms with van der Waals surface area (Å²) < 4.78 is 43.9. The lowest BCUT2D eigenvalue weighted by Crippen LogP contribution is -2.48. The number of carbonyl (C=O) groups excluding carboxylic acids is 1. The Bertz CT molecular complexity index is 1320. The molecule has 7 nitrogen and oxygen atoms in total. The van der Waals surface area contributed by atoms with E-state index in [-0.39, 0.29) is 28.1 Å². The lowest BCUT2D eigenvalue weighted by Gasteiger charge is -2.32. The van der Waals surface area contributed by atoms with Gasteiger partial charge in [-0.1, -0.05) is 37.4 Å². The van der Waals surface area contributed by atoms with Crippen LogP contribution in [0, 0.1) is 18.2 Å². The second-order valence-corrected chi connectivity index (χ2v) is 14.9. The number of halogens is 2. The van der Waals surface area contributed by atoms with Gasteiger partial charge in [-0.2, -0.15) is 4.31 Å². The first-order valence-corrected chi connectivity index (χ1v) is 17.5. The number of nitrogens with two attached hydrogens (primary N) is 1. The zero-order valence-corrected chi connectivity index (χ0v) is 27.1. The van der Waals surface area contributed by atoms with E-state index in [2.05, 4.69) is 6.92 Å². The highest BCUT2D eigenvalue weighted by Crippen LogP contribution is 2.52. The first-order chi connectivity index (χ1) is 20.4. The third kappa shape index (κ3) is 8.78. The van der Waals surface area contributed by atoms with Crippen molar-refractivity contribution in [3.63, 3.8) is 0 Å². The van der Waals surface area contributed by atoms with E-state index in [1.807, 2.05) is 13.0 Å². The highest BCUT2D eigenvalue weighted by atomic mass is 35.5. The molecule has 2 unspecified atom stereocenters. The summed E-state index contributed by atoms with van der Waals surface area (Å²) in [5, 5.41) is 10.4. The Morgan fingerprint density at radius 3 is 2.47 bits per heavy atom. The van der Waals surface area contributed by atoms with Crippen LogP contribution >= 0.6 is 11.6 Å². The lowest BCUT2D eigenvalue weighted by atomic mass is 9.90. The van der Waals surface area contributed by atoms with Crippen LogP contribution in [-0.2, 0) is 21.2 Å². The van der Waals surface area contributed by atoms with Crippen LogP contribution < -0.4 is 5.73 Å². The highest BCUT2D eigenvalue weighted by Gasteiger charge is 2.51. The molecule has 1 heterocycles. The summed E-state index contributed by atoms with van der Waals surface area (Å²) in [6, 6.07) is 10.5. The first kappa shape index (κ1) is 33.8. The maximum absolute atomic E-state index is 14.1. The van der Waals surface area contributed by atoms with E-state index < -0.39 is 22.2 Å². The molecule has 3 N–H and O–H groups in total. The fourth-order valence-electron chi connectivity index (χ4n) is 6.48. The van der Waals surface area contributed by atoms with Gasteiger partial charge < -0.3 is 15.7 Å². The summed E-state index contributed by atoms with van der Waals surface area (Å²) in [4.78, 5) is 15.0. The smallest absolute Gasteiger partial charge is 0.243 e. The number of aryl methyl sites for hydroxylation is 2. The number of rotatable bonds is 16. The van der Waals surface area contributed by atoms with Gasteiger partial charge in [0.2, 0.25) is 15.9 Å². The van der Waals surface area contributed by atoms with E-state index in [0.29, 0.717) is 56.8 Å². The van der Waals surface area contributed by atoms with Gasteiger partial charge in [-0.05, 0) is 118 Å². The van der Waals surface area contributed by atoms with Crippen LogP contribution in [0.3, 0.4) is 0 Å². The summed E-state index contributed by atoms with van der Waals surface area (Å²) in [5.74, 6) is -0.371. The number of aliphatic hydroxyl groups excluding tert-OH is 1. The molecular weight excluding hydrogens is 589 g/mol. The van der Waals surface area contributed by atoms with Crippen LogP contribution in [-0.4, -0.2) is 66.5 Å². The molecule has 0 bridgehead atoms. The van der Waals surface area contributed by atoms with Gasteiger partial charge >= 0.3 is 0 Å². The number of amides is 1. The van der Waals surface area contributed by atoms with Crippen molar-refractivity contribution in [3.8, 4) is 0 Å². The molecule has 238 valence electrons. The second kappa shape index (κ2) is 14.8. The van der Waals surface area contributed by atoms with Gasteiger partial charge in [-0.15, -0.1) is 0 Å². The van der Waals surface area contributed by atoms with Gasteiger partial charge in [0, 0.05) is 30.7 Å². The van der Waals surface area contributed by atoms with E-state index >= 15 is 0 Å². The van der Waals surface area contributed by atoms with E-state index in [4.69, 9.17) is 17.3 Å². The van der Waals surface area contributed by atoms with Crippen molar-refractivity contribution in [2.75, 3.05) is 19.6 Å². The van der Waals surface area contributed by atoms with Gasteiger partial charge in [-0.25, -0.2) is 12.8 Å². The van der Waals surface area contributed by atoms with Gasteiger partial charge in [0.25, 0.3) is 0 Å². The standard InChI is InChI=1S/C33H47ClFN3O4S/c1-3-4-8-28(9-5-7-25-20-24(2)21-27(35)22-25)38(43(41,42)30-12-10-26(34)11-13-30)18-6-15-33(16-17-33)31(36)32(40)37-19-14-29(39)23-37/h10-13,20-22,28-29,31,39H,3-9,14-19,23,36H2,1-2H3/t28?,29-,31?/m0/s1.